The first kappa shape index (κ1) is 16.7. The van der Waals surface area contributed by atoms with Crippen molar-refractivity contribution in [3.05, 3.63) is 58.0 Å². The fourth-order valence-electron chi connectivity index (χ4n) is 4.09. The summed E-state index contributed by atoms with van der Waals surface area (Å²) in [6.07, 6.45) is 3.49. The maximum atomic E-state index is 14.0. The van der Waals surface area contributed by atoms with Gasteiger partial charge in [0, 0.05) is 12.6 Å². The summed E-state index contributed by atoms with van der Waals surface area (Å²) in [5.41, 5.74) is 1.94. The van der Waals surface area contributed by atoms with Crippen molar-refractivity contribution in [2.45, 2.75) is 38.3 Å². The summed E-state index contributed by atoms with van der Waals surface area (Å²) in [5, 5.41) is 7.55. The van der Waals surface area contributed by atoms with E-state index in [1.54, 1.807) is 29.5 Å². The molecule has 1 saturated carbocycles. The Morgan fingerprint density at radius 1 is 1.28 bits per heavy atom. The summed E-state index contributed by atoms with van der Waals surface area (Å²) in [4.78, 5) is 15.1. The molecule has 2 aromatic rings. The van der Waals surface area contributed by atoms with Gasteiger partial charge >= 0.3 is 0 Å². The number of hydrogen-bond acceptors (Lipinski definition) is 3. The molecule has 4 rings (SSSR count). The molecule has 1 aromatic heterocycles. The third-order valence-corrected chi connectivity index (χ3v) is 6.41. The Morgan fingerprint density at radius 2 is 2.08 bits per heavy atom. The van der Waals surface area contributed by atoms with Gasteiger partial charge in [-0.1, -0.05) is 18.2 Å². The molecule has 1 aliphatic heterocycles. The SMILES string of the molecule is O=C(Cc1ccccc1F)N(Cc1ccsc1)C1CC12CCNCC2. The van der Waals surface area contributed by atoms with Gasteiger partial charge in [0.2, 0.25) is 5.91 Å². The molecule has 1 aromatic carbocycles. The number of thiophene rings is 1. The standard InChI is InChI=1S/C20H23FN2OS/c21-17-4-2-1-3-16(17)11-19(24)23(13-15-5-10-25-14-15)18-12-20(18)6-8-22-9-7-20/h1-5,10,14,18,22H,6-9,11-13H2. The van der Waals surface area contributed by atoms with Gasteiger partial charge in [-0.05, 0) is 71.8 Å². The Bertz CT molecular complexity index is 740. The number of halogens is 1. The van der Waals surface area contributed by atoms with Crippen molar-refractivity contribution in [1.29, 1.82) is 0 Å². The molecule has 0 radical (unpaired) electrons. The van der Waals surface area contributed by atoms with Crippen LogP contribution >= 0.6 is 11.3 Å². The minimum absolute atomic E-state index is 0.0386. The molecular weight excluding hydrogens is 335 g/mol. The number of benzene rings is 1. The summed E-state index contributed by atoms with van der Waals surface area (Å²) in [6, 6.07) is 8.97. The van der Waals surface area contributed by atoms with Crippen molar-refractivity contribution in [1.82, 2.24) is 10.2 Å². The van der Waals surface area contributed by atoms with Gasteiger partial charge in [0.05, 0.1) is 6.42 Å². The lowest BCUT2D eigenvalue weighted by molar-refractivity contribution is -0.132. The van der Waals surface area contributed by atoms with E-state index in [0.29, 0.717) is 18.2 Å². The highest BCUT2D eigenvalue weighted by Crippen LogP contribution is 2.56. The number of hydrogen-bond donors (Lipinski definition) is 1. The van der Waals surface area contributed by atoms with E-state index in [0.717, 1.165) is 32.4 Å². The van der Waals surface area contributed by atoms with Crippen LogP contribution in [0.5, 0.6) is 0 Å². The van der Waals surface area contributed by atoms with Crippen LogP contribution in [0.3, 0.4) is 0 Å². The highest BCUT2D eigenvalue weighted by atomic mass is 32.1. The molecule has 0 bridgehead atoms. The van der Waals surface area contributed by atoms with Crippen molar-refractivity contribution >= 4 is 17.2 Å². The molecule has 5 heteroatoms. The summed E-state index contributed by atoms with van der Waals surface area (Å²) in [6.45, 7) is 2.70. The van der Waals surface area contributed by atoms with Gasteiger partial charge in [0.15, 0.2) is 0 Å². The number of carbonyl (C=O) groups is 1. The van der Waals surface area contributed by atoms with Gasteiger partial charge in [-0.15, -0.1) is 0 Å². The molecule has 132 valence electrons. The van der Waals surface area contributed by atoms with Crippen LogP contribution in [0.4, 0.5) is 4.39 Å². The van der Waals surface area contributed by atoms with Gasteiger partial charge in [0.1, 0.15) is 5.82 Å². The maximum Gasteiger partial charge on any atom is 0.227 e. The second-order valence-electron chi connectivity index (χ2n) is 7.25. The van der Waals surface area contributed by atoms with E-state index in [1.807, 2.05) is 10.3 Å². The van der Waals surface area contributed by atoms with E-state index < -0.39 is 0 Å². The van der Waals surface area contributed by atoms with Crippen LogP contribution < -0.4 is 5.32 Å². The van der Waals surface area contributed by atoms with Gasteiger partial charge in [-0.3, -0.25) is 4.79 Å². The molecule has 1 atom stereocenters. The highest BCUT2D eigenvalue weighted by Gasteiger charge is 2.57. The lowest BCUT2D eigenvalue weighted by Crippen LogP contribution is -2.39. The number of nitrogens with zero attached hydrogens (tertiary/aromatic N) is 1. The van der Waals surface area contributed by atoms with Crippen LogP contribution in [0, 0.1) is 11.2 Å². The van der Waals surface area contributed by atoms with E-state index in [4.69, 9.17) is 0 Å². The van der Waals surface area contributed by atoms with Gasteiger partial charge in [-0.2, -0.15) is 11.3 Å². The fourth-order valence-corrected chi connectivity index (χ4v) is 4.75. The van der Waals surface area contributed by atoms with Crippen molar-refractivity contribution in [3.63, 3.8) is 0 Å². The van der Waals surface area contributed by atoms with Crippen LogP contribution in [0.1, 0.15) is 30.4 Å². The van der Waals surface area contributed by atoms with Gasteiger partial charge in [0.25, 0.3) is 0 Å². The highest BCUT2D eigenvalue weighted by molar-refractivity contribution is 7.07. The number of carbonyl (C=O) groups excluding carboxylic acids is 1. The average Bonchev–Trinajstić information content (AvgIpc) is 3.06. The van der Waals surface area contributed by atoms with Crippen LogP contribution in [-0.4, -0.2) is 29.9 Å². The van der Waals surface area contributed by atoms with Crippen molar-refractivity contribution in [3.8, 4) is 0 Å². The Balaban J connectivity index is 1.53. The predicted molar refractivity (Wildman–Crippen MR) is 97.9 cm³/mol. The quantitative estimate of drug-likeness (QED) is 0.886. The first-order valence-corrected chi connectivity index (χ1v) is 9.87. The van der Waals surface area contributed by atoms with E-state index in [2.05, 4.69) is 16.8 Å². The predicted octanol–water partition coefficient (Wildman–Crippen LogP) is 3.60. The zero-order valence-electron chi connectivity index (χ0n) is 14.2. The number of piperidine rings is 1. The van der Waals surface area contributed by atoms with Crippen LogP contribution in [-0.2, 0) is 17.8 Å². The molecule has 1 aliphatic carbocycles. The topological polar surface area (TPSA) is 32.3 Å². The molecule has 2 heterocycles. The second kappa shape index (κ2) is 6.89. The van der Waals surface area contributed by atoms with Crippen LogP contribution in [0.15, 0.2) is 41.1 Å². The molecule has 25 heavy (non-hydrogen) atoms. The Kier molecular flexibility index (Phi) is 4.61. The molecule has 1 unspecified atom stereocenters. The first-order valence-electron chi connectivity index (χ1n) is 8.93. The average molecular weight is 358 g/mol. The number of rotatable bonds is 5. The molecule has 1 amide bonds. The van der Waals surface area contributed by atoms with E-state index in [1.165, 1.54) is 11.6 Å². The monoisotopic (exact) mass is 358 g/mol. The molecule has 1 saturated heterocycles. The third-order valence-electron chi connectivity index (χ3n) is 5.68. The Hall–Kier alpha value is -1.72. The van der Waals surface area contributed by atoms with E-state index >= 15 is 0 Å². The molecular formula is C20H23FN2OS. The third kappa shape index (κ3) is 3.48. The minimum atomic E-state index is -0.293. The zero-order valence-corrected chi connectivity index (χ0v) is 15.0. The number of amides is 1. The molecule has 1 N–H and O–H groups in total. The van der Waals surface area contributed by atoms with Crippen molar-refractivity contribution in [2.75, 3.05) is 13.1 Å². The summed E-state index contributed by atoms with van der Waals surface area (Å²) in [5.74, 6) is -0.254. The van der Waals surface area contributed by atoms with E-state index in [-0.39, 0.29) is 23.6 Å². The summed E-state index contributed by atoms with van der Waals surface area (Å²) >= 11 is 1.65. The van der Waals surface area contributed by atoms with Gasteiger partial charge in [-0.25, -0.2) is 4.39 Å². The van der Waals surface area contributed by atoms with Crippen LogP contribution in [0.25, 0.3) is 0 Å². The van der Waals surface area contributed by atoms with Crippen molar-refractivity contribution in [2.24, 2.45) is 5.41 Å². The minimum Gasteiger partial charge on any atom is -0.334 e. The van der Waals surface area contributed by atoms with Gasteiger partial charge < -0.3 is 10.2 Å². The first-order chi connectivity index (χ1) is 12.2. The molecule has 1 spiro atoms. The fraction of sp³-hybridized carbons (Fsp3) is 0.450. The Labute approximate surface area is 151 Å². The maximum absolute atomic E-state index is 14.0. The second-order valence-corrected chi connectivity index (χ2v) is 8.03. The van der Waals surface area contributed by atoms with Crippen molar-refractivity contribution < 1.29 is 9.18 Å². The lowest BCUT2D eigenvalue weighted by atomic mass is 9.93. The smallest absolute Gasteiger partial charge is 0.227 e. The zero-order chi connectivity index (χ0) is 17.3. The largest absolute Gasteiger partial charge is 0.334 e. The molecule has 2 aliphatic rings. The summed E-state index contributed by atoms with van der Waals surface area (Å²) < 4.78 is 14.0. The molecule has 2 fully saturated rings. The Morgan fingerprint density at radius 3 is 2.80 bits per heavy atom. The lowest BCUT2D eigenvalue weighted by Gasteiger charge is -2.29. The molecule has 3 nitrogen and oxygen atoms in total. The summed E-state index contributed by atoms with van der Waals surface area (Å²) in [7, 11) is 0. The van der Waals surface area contributed by atoms with Crippen LogP contribution in [0.2, 0.25) is 0 Å². The number of nitrogens with one attached hydrogen (secondary N) is 1. The van der Waals surface area contributed by atoms with E-state index in [9.17, 15) is 9.18 Å². The normalized spacial score (nSPS) is 21.2.